The highest BCUT2D eigenvalue weighted by molar-refractivity contribution is 7.89. The van der Waals surface area contributed by atoms with Gasteiger partial charge in [0, 0.05) is 31.8 Å². The zero-order valence-electron chi connectivity index (χ0n) is 16.8. The van der Waals surface area contributed by atoms with Crippen LogP contribution in [-0.2, 0) is 14.8 Å². The fraction of sp³-hybridized carbons (Fsp3) is 0.650. The average molecular weight is 397 g/mol. The predicted molar refractivity (Wildman–Crippen MR) is 106 cm³/mol. The van der Waals surface area contributed by atoms with E-state index in [1.807, 2.05) is 13.8 Å². The third-order valence-electron chi connectivity index (χ3n) is 4.63. The molecular formula is C20H32N2O4S. The topological polar surface area (TPSA) is 75.7 Å². The summed E-state index contributed by atoms with van der Waals surface area (Å²) in [5.74, 6) is 0.406. The van der Waals surface area contributed by atoms with Gasteiger partial charge < -0.3 is 10.1 Å². The first-order valence-corrected chi connectivity index (χ1v) is 11.1. The van der Waals surface area contributed by atoms with Gasteiger partial charge in [-0.15, -0.1) is 0 Å². The van der Waals surface area contributed by atoms with Crippen molar-refractivity contribution in [1.82, 2.24) is 9.62 Å². The van der Waals surface area contributed by atoms with Gasteiger partial charge in [0.05, 0.1) is 11.0 Å². The molecule has 2 unspecified atom stereocenters. The van der Waals surface area contributed by atoms with E-state index >= 15 is 0 Å². The molecule has 0 saturated carbocycles. The van der Waals surface area contributed by atoms with Crippen LogP contribution in [0, 0.1) is 11.8 Å². The van der Waals surface area contributed by atoms with Crippen LogP contribution in [0.1, 0.15) is 50.9 Å². The maximum atomic E-state index is 13.0. The summed E-state index contributed by atoms with van der Waals surface area (Å²) in [6.45, 7) is 10.2. The molecule has 1 heterocycles. The lowest BCUT2D eigenvalue weighted by molar-refractivity contribution is 0.0757. The summed E-state index contributed by atoms with van der Waals surface area (Å²) >= 11 is 0. The average Bonchev–Trinajstić information content (AvgIpc) is 2.60. The van der Waals surface area contributed by atoms with Crippen molar-refractivity contribution < 1.29 is 17.9 Å². The molecular weight excluding hydrogens is 364 g/mol. The van der Waals surface area contributed by atoms with Crippen molar-refractivity contribution >= 4 is 15.9 Å². The predicted octanol–water partition coefficient (Wildman–Crippen LogP) is 2.90. The van der Waals surface area contributed by atoms with Crippen LogP contribution < -0.4 is 5.32 Å². The van der Waals surface area contributed by atoms with Crippen molar-refractivity contribution in [1.29, 1.82) is 0 Å². The molecule has 152 valence electrons. The van der Waals surface area contributed by atoms with E-state index < -0.39 is 10.0 Å². The smallest absolute Gasteiger partial charge is 0.251 e. The number of carbonyl (C=O) groups is 1. The summed E-state index contributed by atoms with van der Waals surface area (Å²) in [4.78, 5) is 12.5. The summed E-state index contributed by atoms with van der Waals surface area (Å²) in [6.07, 6.45) is 1.92. The second-order valence-corrected chi connectivity index (χ2v) is 9.76. The standard InChI is InChI=1S/C20H32N2O4S/c1-15(2)26-10-6-9-21-20(23)18-7-5-8-19(12-18)27(24,25)22-13-16(3)11-17(4)14-22/h5,7-8,12,15-17H,6,9-11,13-14H2,1-4H3,(H,21,23). The third kappa shape index (κ3) is 6.30. The first kappa shape index (κ1) is 21.9. The van der Waals surface area contributed by atoms with Gasteiger partial charge in [-0.05, 0) is 56.7 Å². The first-order valence-electron chi connectivity index (χ1n) is 9.70. The zero-order valence-corrected chi connectivity index (χ0v) is 17.6. The minimum atomic E-state index is -3.59. The summed E-state index contributed by atoms with van der Waals surface area (Å²) in [7, 11) is -3.59. The monoisotopic (exact) mass is 396 g/mol. The number of amides is 1. The van der Waals surface area contributed by atoms with Gasteiger partial charge in [0.15, 0.2) is 0 Å². The van der Waals surface area contributed by atoms with Crippen molar-refractivity contribution in [2.75, 3.05) is 26.2 Å². The maximum Gasteiger partial charge on any atom is 0.251 e. The Morgan fingerprint density at radius 3 is 2.56 bits per heavy atom. The molecule has 0 aromatic heterocycles. The van der Waals surface area contributed by atoms with Crippen molar-refractivity contribution in [3.8, 4) is 0 Å². The number of carbonyl (C=O) groups excluding carboxylic acids is 1. The van der Waals surface area contributed by atoms with Crippen LogP contribution in [0.2, 0.25) is 0 Å². The van der Waals surface area contributed by atoms with Crippen LogP contribution in [0.5, 0.6) is 0 Å². The summed E-state index contributed by atoms with van der Waals surface area (Å²) in [5.41, 5.74) is 0.360. The molecule has 1 amide bonds. The Hall–Kier alpha value is -1.44. The van der Waals surface area contributed by atoms with Crippen LogP contribution in [0.3, 0.4) is 0 Å². The SMILES string of the molecule is CC1CC(C)CN(S(=O)(=O)c2cccc(C(=O)NCCCOC(C)C)c2)C1. The van der Waals surface area contributed by atoms with E-state index in [1.54, 1.807) is 22.5 Å². The highest BCUT2D eigenvalue weighted by atomic mass is 32.2. The van der Waals surface area contributed by atoms with Crippen molar-refractivity contribution in [2.24, 2.45) is 11.8 Å². The number of nitrogens with zero attached hydrogens (tertiary/aromatic N) is 1. The quantitative estimate of drug-likeness (QED) is 0.686. The number of rotatable bonds is 8. The highest BCUT2D eigenvalue weighted by Crippen LogP contribution is 2.27. The zero-order chi connectivity index (χ0) is 20.0. The summed E-state index contributed by atoms with van der Waals surface area (Å²) < 4.78 is 33.0. The molecule has 1 aromatic carbocycles. The number of hydrogen-bond donors (Lipinski definition) is 1. The molecule has 0 aliphatic carbocycles. The van der Waals surface area contributed by atoms with E-state index in [0.29, 0.717) is 50.1 Å². The van der Waals surface area contributed by atoms with Gasteiger partial charge in [-0.3, -0.25) is 4.79 Å². The van der Waals surface area contributed by atoms with Gasteiger partial charge >= 0.3 is 0 Å². The van der Waals surface area contributed by atoms with E-state index in [9.17, 15) is 13.2 Å². The fourth-order valence-corrected chi connectivity index (χ4v) is 5.17. The lowest BCUT2D eigenvalue weighted by atomic mass is 9.94. The van der Waals surface area contributed by atoms with Crippen molar-refractivity contribution in [3.05, 3.63) is 29.8 Å². The van der Waals surface area contributed by atoms with Crippen LogP contribution in [-0.4, -0.2) is 51.0 Å². The van der Waals surface area contributed by atoms with Gasteiger partial charge in [0.2, 0.25) is 10.0 Å². The molecule has 1 aromatic rings. The molecule has 27 heavy (non-hydrogen) atoms. The van der Waals surface area contributed by atoms with E-state index in [1.165, 1.54) is 6.07 Å². The second-order valence-electron chi connectivity index (χ2n) is 7.82. The Balaban J connectivity index is 2.02. The van der Waals surface area contributed by atoms with E-state index in [-0.39, 0.29) is 16.9 Å². The molecule has 1 fully saturated rings. The second kappa shape index (κ2) is 9.66. The Kier molecular flexibility index (Phi) is 7.82. The molecule has 2 rings (SSSR count). The van der Waals surface area contributed by atoms with E-state index in [4.69, 9.17) is 4.74 Å². The lowest BCUT2D eigenvalue weighted by Gasteiger charge is -2.34. The lowest BCUT2D eigenvalue weighted by Crippen LogP contribution is -2.42. The molecule has 7 heteroatoms. The van der Waals surface area contributed by atoms with E-state index in [0.717, 1.165) is 6.42 Å². The number of ether oxygens (including phenoxy) is 1. The Morgan fingerprint density at radius 2 is 1.93 bits per heavy atom. The van der Waals surface area contributed by atoms with Gasteiger partial charge in [0.1, 0.15) is 0 Å². The van der Waals surface area contributed by atoms with Crippen molar-refractivity contribution in [2.45, 2.75) is 51.5 Å². The maximum absolute atomic E-state index is 13.0. The number of benzene rings is 1. The molecule has 1 aliphatic rings. The minimum Gasteiger partial charge on any atom is -0.379 e. The largest absolute Gasteiger partial charge is 0.379 e. The number of sulfonamides is 1. The molecule has 0 bridgehead atoms. The summed E-state index contributed by atoms with van der Waals surface area (Å²) in [5, 5.41) is 2.82. The molecule has 6 nitrogen and oxygen atoms in total. The summed E-state index contributed by atoms with van der Waals surface area (Å²) in [6, 6.07) is 6.30. The van der Waals surface area contributed by atoms with Crippen LogP contribution in [0.4, 0.5) is 0 Å². The Morgan fingerprint density at radius 1 is 1.26 bits per heavy atom. The Bertz CT molecular complexity index is 723. The highest BCUT2D eigenvalue weighted by Gasteiger charge is 2.31. The molecule has 1 saturated heterocycles. The van der Waals surface area contributed by atoms with Crippen LogP contribution in [0.25, 0.3) is 0 Å². The third-order valence-corrected chi connectivity index (χ3v) is 6.45. The van der Waals surface area contributed by atoms with Crippen LogP contribution in [0.15, 0.2) is 29.2 Å². The Labute approximate surface area is 163 Å². The fourth-order valence-electron chi connectivity index (χ4n) is 3.44. The molecule has 1 aliphatic heterocycles. The van der Waals surface area contributed by atoms with E-state index in [2.05, 4.69) is 19.2 Å². The van der Waals surface area contributed by atoms with Crippen molar-refractivity contribution in [3.63, 3.8) is 0 Å². The first-order chi connectivity index (χ1) is 12.7. The van der Waals surface area contributed by atoms with Crippen LogP contribution >= 0.6 is 0 Å². The number of nitrogens with one attached hydrogen (secondary N) is 1. The molecule has 0 spiro atoms. The van der Waals surface area contributed by atoms with Gasteiger partial charge in [-0.1, -0.05) is 19.9 Å². The van der Waals surface area contributed by atoms with Gasteiger partial charge in [-0.25, -0.2) is 8.42 Å². The number of piperidine rings is 1. The van der Waals surface area contributed by atoms with Gasteiger partial charge in [0.25, 0.3) is 5.91 Å². The van der Waals surface area contributed by atoms with Gasteiger partial charge in [-0.2, -0.15) is 4.31 Å². The minimum absolute atomic E-state index is 0.169. The number of hydrogen-bond acceptors (Lipinski definition) is 4. The molecule has 1 N–H and O–H groups in total. The molecule has 2 atom stereocenters. The molecule has 0 radical (unpaired) electrons. The normalized spacial score (nSPS) is 21.4.